The van der Waals surface area contributed by atoms with Crippen molar-refractivity contribution < 1.29 is 4.39 Å². The molecule has 22 heavy (non-hydrogen) atoms. The molecule has 0 aliphatic heterocycles. The van der Waals surface area contributed by atoms with Gasteiger partial charge in [0.25, 0.3) is 0 Å². The molecule has 0 saturated heterocycles. The van der Waals surface area contributed by atoms with Gasteiger partial charge < -0.3 is 10.6 Å². The van der Waals surface area contributed by atoms with Gasteiger partial charge in [0, 0.05) is 5.69 Å². The monoisotopic (exact) mass is 316 g/mol. The number of benzene rings is 2. The molecule has 0 bridgehead atoms. The van der Waals surface area contributed by atoms with Crippen molar-refractivity contribution in [1.29, 1.82) is 0 Å². The van der Waals surface area contributed by atoms with Gasteiger partial charge >= 0.3 is 0 Å². The molecule has 2 aromatic rings. The average Bonchev–Trinajstić information content (AvgIpc) is 2.45. The summed E-state index contributed by atoms with van der Waals surface area (Å²) in [5, 5.41) is 7.08. The van der Waals surface area contributed by atoms with Crippen LogP contribution in [0.3, 0.4) is 0 Å². The van der Waals surface area contributed by atoms with Crippen LogP contribution in [0.2, 0.25) is 0 Å². The molecule has 0 heterocycles. The van der Waals surface area contributed by atoms with E-state index in [-0.39, 0.29) is 11.9 Å². The molecular weight excluding hydrogens is 295 g/mol. The highest BCUT2D eigenvalue weighted by Gasteiger charge is 2.16. The Kier molecular flexibility index (Phi) is 5.50. The third kappa shape index (κ3) is 4.53. The minimum absolute atomic E-state index is 0.0328. The lowest BCUT2D eigenvalue weighted by Crippen LogP contribution is -2.34. The second-order valence-corrected chi connectivity index (χ2v) is 6.15. The number of hydrogen-bond acceptors (Lipinski definition) is 1. The maximum absolute atomic E-state index is 13.1. The van der Waals surface area contributed by atoms with Crippen LogP contribution in [0.1, 0.15) is 31.0 Å². The quantitative estimate of drug-likeness (QED) is 0.791. The zero-order valence-electron chi connectivity index (χ0n) is 13.1. The van der Waals surface area contributed by atoms with Crippen LogP contribution in [0.5, 0.6) is 0 Å². The van der Waals surface area contributed by atoms with Crippen LogP contribution in [0, 0.1) is 18.7 Å². The average molecular weight is 316 g/mol. The first kappa shape index (κ1) is 16.4. The third-order valence-corrected chi connectivity index (χ3v) is 3.68. The second-order valence-electron chi connectivity index (χ2n) is 5.74. The summed E-state index contributed by atoms with van der Waals surface area (Å²) in [4.78, 5) is 0. The highest BCUT2D eigenvalue weighted by Crippen LogP contribution is 2.22. The molecule has 0 aromatic heterocycles. The summed E-state index contributed by atoms with van der Waals surface area (Å²) in [6, 6.07) is 14.6. The van der Waals surface area contributed by atoms with E-state index in [1.54, 1.807) is 12.1 Å². The van der Waals surface area contributed by atoms with Gasteiger partial charge in [-0.25, -0.2) is 4.39 Å². The molecule has 0 saturated carbocycles. The van der Waals surface area contributed by atoms with E-state index in [2.05, 4.69) is 24.5 Å². The van der Waals surface area contributed by atoms with Gasteiger partial charge in [-0.05, 0) is 60.5 Å². The predicted octanol–water partition coefficient (Wildman–Crippen LogP) is 4.82. The Balaban J connectivity index is 2.07. The van der Waals surface area contributed by atoms with Crippen molar-refractivity contribution in [2.45, 2.75) is 26.8 Å². The van der Waals surface area contributed by atoms with E-state index in [1.165, 1.54) is 17.7 Å². The molecule has 2 rings (SSSR count). The van der Waals surface area contributed by atoms with Crippen molar-refractivity contribution in [1.82, 2.24) is 5.32 Å². The fraction of sp³-hybridized carbons (Fsp3) is 0.278. The lowest BCUT2D eigenvalue weighted by Gasteiger charge is -2.25. The fourth-order valence-corrected chi connectivity index (χ4v) is 2.58. The molecule has 0 aliphatic rings. The van der Waals surface area contributed by atoms with Crippen LogP contribution in [-0.4, -0.2) is 5.11 Å². The van der Waals surface area contributed by atoms with Gasteiger partial charge in [-0.15, -0.1) is 0 Å². The predicted molar refractivity (Wildman–Crippen MR) is 94.5 cm³/mol. The van der Waals surface area contributed by atoms with Gasteiger partial charge in [0.2, 0.25) is 0 Å². The van der Waals surface area contributed by atoms with Gasteiger partial charge in [0.15, 0.2) is 5.11 Å². The summed E-state index contributed by atoms with van der Waals surface area (Å²) in [5.74, 6) is 0.0921. The summed E-state index contributed by atoms with van der Waals surface area (Å²) in [5.41, 5.74) is 3.15. The zero-order valence-corrected chi connectivity index (χ0v) is 13.9. The van der Waals surface area contributed by atoms with Crippen LogP contribution in [0.25, 0.3) is 0 Å². The number of halogens is 1. The smallest absolute Gasteiger partial charge is 0.171 e. The van der Waals surface area contributed by atoms with E-state index in [9.17, 15) is 4.39 Å². The van der Waals surface area contributed by atoms with E-state index in [1.807, 2.05) is 31.2 Å². The fourth-order valence-electron chi connectivity index (χ4n) is 2.34. The molecular formula is C18H21FN2S. The molecule has 2 N–H and O–H groups in total. The molecule has 0 spiro atoms. The first-order valence-electron chi connectivity index (χ1n) is 7.35. The Morgan fingerprint density at radius 1 is 1.09 bits per heavy atom. The van der Waals surface area contributed by atoms with Crippen molar-refractivity contribution in [2.75, 3.05) is 5.32 Å². The largest absolute Gasteiger partial charge is 0.355 e. The Morgan fingerprint density at radius 3 is 2.36 bits per heavy atom. The molecule has 0 radical (unpaired) electrons. The van der Waals surface area contributed by atoms with Gasteiger partial charge in [0.1, 0.15) is 5.82 Å². The van der Waals surface area contributed by atoms with Crippen molar-refractivity contribution in [3.63, 3.8) is 0 Å². The SMILES string of the molecule is Cc1cccc(NC(=S)N[C@H](c2ccc(F)cc2)C(C)C)c1. The van der Waals surface area contributed by atoms with E-state index in [0.29, 0.717) is 11.0 Å². The van der Waals surface area contributed by atoms with Crippen LogP contribution in [0.15, 0.2) is 48.5 Å². The van der Waals surface area contributed by atoms with Gasteiger partial charge in [0.05, 0.1) is 6.04 Å². The van der Waals surface area contributed by atoms with Crippen LogP contribution in [0.4, 0.5) is 10.1 Å². The van der Waals surface area contributed by atoms with Crippen LogP contribution >= 0.6 is 12.2 Å². The second kappa shape index (κ2) is 7.36. The van der Waals surface area contributed by atoms with Crippen molar-refractivity contribution >= 4 is 23.0 Å². The Morgan fingerprint density at radius 2 is 1.77 bits per heavy atom. The topological polar surface area (TPSA) is 24.1 Å². The highest BCUT2D eigenvalue weighted by atomic mass is 32.1. The maximum Gasteiger partial charge on any atom is 0.171 e. The Hall–Kier alpha value is -1.94. The molecule has 2 nitrogen and oxygen atoms in total. The molecule has 1 atom stereocenters. The molecule has 0 fully saturated rings. The number of nitrogens with one attached hydrogen (secondary N) is 2. The molecule has 0 aliphatic carbocycles. The summed E-state index contributed by atoms with van der Waals surface area (Å²) in [6.45, 7) is 6.25. The minimum Gasteiger partial charge on any atom is -0.355 e. The molecule has 0 unspecified atom stereocenters. The summed E-state index contributed by atoms with van der Waals surface area (Å²) < 4.78 is 13.1. The number of anilines is 1. The van der Waals surface area contributed by atoms with E-state index in [0.717, 1.165) is 11.3 Å². The van der Waals surface area contributed by atoms with Gasteiger partial charge in [-0.1, -0.05) is 38.1 Å². The third-order valence-electron chi connectivity index (χ3n) is 3.46. The highest BCUT2D eigenvalue weighted by molar-refractivity contribution is 7.80. The molecule has 4 heteroatoms. The number of aryl methyl sites for hydroxylation is 1. The van der Waals surface area contributed by atoms with E-state index >= 15 is 0 Å². The van der Waals surface area contributed by atoms with Crippen LogP contribution < -0.4 is 10.6 Å². The van der Waals surface area contributed by atoms with E-state index in [4.69, 9.17) is 12.2 Å². The zero-order chi connectivity index (χ0) is 16.1. The lowest BCUT2D eigenvalue weighted by atomic mass is 9.96. The maximum atomic E-state index is 13.1. The minimum atomic E-state index is -0.230. The molecule has 0 amide bonds. The number of hydrogen-bond donors (Lipinski definition) is 2. The summed E-state index contributed by atoms with van der Waals surface area (Å²) in [7, 11) is 0. The molecule has 116 valence electrons. The summed E-state index contributed by atoms with van der Waals surface area (Å²) in [6.07, 6.45) is 0. The normalized spacial score (nSPS) is 12.0. The first-order chi connectivity index (χ1) is 10.5. The summed E-state index contributed by atoms with van der Waals surface area (Å²) >= 11 is 5.40. The lowest BCUT2D eigenvalue weighted by molar-refractivity contribution is 0.472. The van der Waals surface area contributed by atoms with Gasteiger partial charge in [-0.3, -0.25) is 0 Å². The Labute approximate surface area is 136 Å². The standard InChI is InChI=1S/C18H21FN2S/c1-12(2)17(14-7-9-15(19)10-8-14)21-18(22)20-16-6-4-5-13(3)11-16/h4-12,17H,1-3H3,(H2,20,21,22)/t17-/m0/s1. The Bertz CT molecular complexity index is 638. The van der Waals surface area contributed by atoms with Crippen molar-refractivity contribution in [3.05, 3.63) is 65.5 Å². The number of rotatable bonds is 4. The van der Waals surface area contributed by atoms with Gasteiger partial charge in [-0.2, -0.15) is 0 Å². The first-order valence-corrected chi connectivity index (χ1v) is 7.76. The van der Waals surface area contributed by atoms with Crippen LogP contribution in [-0.2, 0) is 0 Å². The number of thiocarbonyl (C=S) groups is 1. The van der Waals surface area contributed by atoms with Crippen molar-refractivity contribution in [3.8, 4) is 0 Å². The van der Waals surface area contributed by atoms with E-state index < -0.39 is 0 Å². The molecule has 2 aromatic carbocycles. The van der Waals surface area contributed by atoms with Crippen molar-refractivity contribution in [2.24, 2.45) is 5.92 Å².